The summed E-state index contributed by atoms with van der Waals surface area (Å²) >= 11 is 1.35. The molecule has 1 saturated heterocycles. The van der Waals surface area contributed by atoms with Crippen molar-refractivity contribution in [3.05, 3.63) is 16.1 Å². The summed E-state index contributed by atoms with van der Waals surface area (Å²) < 4.78 is 4.75. The number of amides is 1. The van der Waals surface area contributed by atoms with E-state index in [1.54, 1.807) is 10.4 Å². The van der Waals surface area contributed by atoms with Gasteiger partial charge >= 0.3 is 5.97 Å². The van der Waals surface area contributed by atoms with E-state index >= 15 is 0 Å². The maximum absolute atomic E-state index is 12.3. The van der Waals surface area contributed by atoms with Crippen molar-refractivity contribution in [1.29, 1.82) is 0 Å². The quantitative estimate of drug-likeness (QED) is 0.762. The molecule has 1 aromatic heterocycles. The summed E-state index contributed by atoms with van der Waals surface area (Å²) in [6.07, 6.45) is 1.63. The molecule has 0 N–H and O–H groups in total. The highest BCUT2D eigenvalue weighted by atomic mass is 32.1. The molecular weight excluding hydrogens is 252 g/mol. The number of esters is 1. The van der Waals surface area contributed by atoms with E-state index < -0.39 is 0 Å². The van der Waals surface area contributed by atoms with E-state index in [1.807, 2.05) is 6.92 Å². The van der Waals surface area contributed by atoms with Gasteiger partial charge in [0, 0.05) is 13.1 Å². The van der Waals surface area contributed by atoms with Crippen LogP contribution in [0.5, 0.6) is 0 Å². The number of methoxy groups -OCH3 is 1. The third-order valence-electron chi connectivity index (χ3n) is 3.18. The highest BCUT2D eigenvalue weighted by Gasteiger charge is 2.30. The number of piperidine rings is 1. The van der Waals surface area contributed by atoms with Crippen molar-refractivity contribution < 1.29 is 14.3 Å². The van der Waals surface area contributed by atoms with Crippen molar-refractivity contribution in [3.63, 3.8) is 0 Å². The van der Waals surface area contributed by atoms with Crippen molar-refractivity contribution in [2.45, 2.75) is 19.8 Å². The van der Waals surface area contributed by atoms with Crippen LogP contribution in [-0.4, -0.2) is 42.0 Å². The predicted molar refractivity (Wildman–Crippen MR) is 67.5 cm³/mol. The Labute approximate surface area is 110 Å². The van der Waals surface area contributed by atoms with E-state index in [9.17, 15) is 9.59 Å². The number of likely N-dealkylation sites (tertiary alicyclic amines) is 1. The fourth-order valence-corrected chi connectivity index (χ4v) is 2.94. The molecule has 0 saturated carbocycles. The number of aromatic nitrogens is 1. The molecule has 1 aromatic rings. The molecule has 98 valence electrons. The van der Waals surface area contributed by atoms with Gasteiger partial charge in [-0.25, -0.2) is 4.98 Å². The van der Waals surface area contributed by atoms with E-state index in [0.717, 1.165) is 18.5 Å². The highest BCUT2D eigenvalue weighted by molar-refractivity contribution is 7.11. The Morgan fingerprint density at radius 3 is 2.94 bits per heavy atom. The minimum absolute atomic E-state index is 0.0244. The van der Waals surface area contributed by atoms with Crippen LogP contribution in [0.25, 0.3) is 0 Å². The maximum atomic E-state index is 12.3. The molecule has 0 bridgehead atoms. The molecule has 1 aliphatic rings. The topological polar surface area (TPSA) is 59.5 Å². The van der Waals surface area contributed by atoms with Crippen LogP contribution >= 0.6 is 11.3 Å². The Hall–Kier alpha value is -1.43. The monoisotopic (exact) mass is 268 g/mol. The second-order valence-electron chi connectivity index (χ2n) is 4.38. The number of carbonyl (C=O) groups is 2. The Bertz CT molecular complexity index is 458. The van der Waals surface area contributed by atoms with E-state index in [4.69, 9.17) is 4.74 Å². The van der Waals surface area contributed by atoms with Gasteiger partial charge in [-0.1, -0.05) is 0 Å². The van der Waals surface area contributed by atoms with E-state index in [-0.39, 0.29) is 17.8 Å². The zero-order valence-corrected chi connectivity index (χ0v) is 11.3. The molecule has 18 heavy (non-hydrogen) atoms. The standard InChI is InChI=1S/C12H16N2O3S/c1-8-10(18-7-13-8)11(15)14-5-3-4-9(6-14)12(16)17-2/h7,9H,3-6H2,1-2H3/t9-/m0/s1. The molecule has 2 heterocycles. The molecule has 1 fully saturated rings. The Kier molecular flexibility index (Phi) is 3.96. The molecule has 2 rings (SSSR count). The molecule has 0 spiro atoms. The first-order chi connectivity index (χ1) is 8.63. The average molecular weight is 268 g/mol. The number of nitrogens with zero attached hydrogens (tertiary/aromatic N) is 2. The van der Waals surface area contributed by atoms with Gasteiger partial charge in [-0.15, -0.1) is 11.3 Å². The van der Waals surface area contributed by atoms with Crippen LogP contribution in [0.3, 0.4) is 0 Å². The molecule has 1 aliphatic heterocycles. The molecule has 5 nitrogen and oxygen atoms in total. The zero-order chi connectivity index (χ0) is 13.1. The lowest BCUT2D eigenvalue weighted by atomic mass is 9.98. The SMILES string of the molecule is COC(=O)[C@H]1CCCN(C(=O)c2scnc2C)C1. The van der Waals surface area contributed by atoms with Crippen molar-refractivity contribution >= 4 is 23.2 Å². The molecule has 1 amide bonds. The van der Waals surface area contributed by atoms with Crippen molar-refractivity contribution in [3.8, 4) is 0 Å². The number of ether oxygens (including phenoxy) is 1. The smallest absolute Gasteiger partial charge is 0.310 e. The van der Waals surface area contributed by atoms with Crippen molar-refractivity contribution in [2.24, 2.45) is 5.92 Å². The van der Waals surface area contributed by atoms with Crippen LogP contribution in [0.15, 0.2) is 5.51 Å². The van der Waals surface area contributed by atoms with Gasteiger partial charge < -0.3 is 9.64 Å². The molecule has 0 aliphatic carbocycles. The van der Waals surface area contributed by atoms with Crippen LogP contribution in [0.1, 0.15) is 28.2 Å². The lowest BCUT2D eigenvalue weighted by Crippen LogP contribution is -2.42. The summed E-state index contributed by atoms with van der Waals surface area (Å²) in [6.45, 7) is 2.97. The van der Waals surface area contributed by atoms with Crippen LogP contribution in [0, 0.1) is 12.8 Å². The van der Waals surface area contributed by atoms with Crippen molar-refractivity contribution in [1.82, 2.24) is 9.88 Å². The van der Waals surface area contributed by atoms with Crippen molar-refractivity contribution in [2.75, 3.05) is 20.2 Å². The first kappa shape index (κ1) is 13.0. The molecular formula is C12H16N2O3S. The third kappa shape index (κ3) is 2.53. The minimum atomic E-state index is -0.228. The summed E-state index contributed by atoms with van der Waals surface area (Å²) in [5, 5.41) is 0. The summed E-state index contributed by atoms with van der Waals surface area (Å²) in [4.78, 5) is 30.3. The minimum Gasteiger partial charge on any atom is -0.469 e. The Balaban J connectivity index is 2.07. The lowest BCUT2D eigenvalue weighted by molar-refractivity contribution is -0.146. The summed E-state index contributed by atoms with van der Waals surface area (Å²) in [5.74, 6) is -0.446. The van der Waals surface area contributed by atoms with Gasteiger partial charge in [-0.2, -0.15) is 0 Å². The molecule has 0 radical (unpaired) electrons. The Morgan fingerprint density at radius 2 is 2.33 bits per heavy atom. The van der Waals surface area contributed by atoms with E-state index in [0.29, 0.717) is 18.0 Å². The second-order valence-corrected chi connectivity index (χ2v) is 5.24. The van der Waals surface area contributed by atoms with E-state index in [1.165, 1.54) is 18.4 Å². The number of hydrogen-bond donors (Lipinski definition) is 0. The highest BCUT2D eigenvalue weighted by Crippen LogP contribution is 2.22. The maximum Gasteiger partial charge on any atom is 0.310 e. The molecule has 6 heteroatoms. The molecule has 0 unspecified atom stereocenters. The summed E-state index contributed by atoms with van der Waals surface area (Å²) in [5.41, 5.74) is 2.43. The number of carbonyl (C=O) groups excluding carboxylic acids is 2. The number of thiazole rings is 1. The van der Waals surface area contributed by atoms with Crippen LogP contribution in [0.4, 0.5) is 0 Å². The molecule has 1 atom stereocenters. The van der Waals surface area contributed by atoms with Gasteiger partial charge in [0.1, 0.15) is 4.88 Å². The zero-order valence-electron chi connectivity index (χ0n) is 10.5. The third-order valence-corrected chi connectivity index (χ3v) is 4.10. The number of aryl methyl sites for hydroxylation is 1. The normalized spacial score (nSPS) is 19.7. The van der Waals surface area contributed by atoms with Crippen LogP contribution < -0.4 is 0 Å². The summed E-state index contributed by atoms with van der Waals surface area (Å²) in [7, 11) is 1.39. The van der Waals surface area contributed by atoms with Crippen LogP contribution in [0.2, 0.25) is 0 Å². The Morgan fingerprint density at radius 1 is 1.56 bits per heavy atom. The van der Waals surface area contributed by atoms with Crippen LogP contribution in [-0.2, 0) is 9.53 Å². The number of rotatable bonds is 2. The van der Waals surface area contributed by atoms with Gasteiger partial charge in [-0.05, 0) is 19.8 Å². The second kappa shape index (κ2) is 5.48. The number of hydrogen-bond acceptors (Lipinski definition) is 5. The van der Waals surface area contributed by atoms with E-state index in [2.05, 4.69) is 4.98 Å². The largest absolute Gasteiger partial charge is 0.469 e. The van der Waals surface area contributed by atoms with Gasteiger partial charge in [0.05, 0.1) is 24.2 Å². The fourth-order valence-electron chi connectivity index (χ4n) is 2.17. The molecule has 0 aromatic carbocycles. The predicted octanol–water partition coefficient (Wildman–Crippen LogP) is 1.48. The first-order valence-electron chi connectivity index (χ1n) is 5.90. The summed E-state index contributed by atoms with van der Waals surface area (Å²) in [6, 6.07) is 0. The van der Waals surface area contributed by atoms with Gasteiger partial charge in [-0.3, -0.25) is 9.59 Å². The fraction of sp³-hybridized carbons (Fsp3) is 0.583. The van der Waals surface area contributed by atoms with Gasteiger partial charge in [0.2, 0.25) is 0 Å². The van der Waals surface area contributed by atoms with Gasteiger partial charge in [0.15, 0.2) is 0 Å². The van der Waals surface area contributed by atoms with Gasteiger partial charge in [0.25, 0.3) is 5.91 Å². The first-order valence-corrected chi connectivity index (χ1v) is 6.78. The average Bonchev–Trinajstić information content (AvgIpc) is 2.83. The lowest BCUT2D eigenvalue weighted by Gasteiger charge is -2.31.